The molecule has 3 fully saturated rings. The Kier molecular flexibility index (Phi) is 1.68. The lowest BCUT2D eigenvalue weighted by atomic mass is 9.59. The summed E-state index contributed by atoms with van der Waals surface area (Å²) in [5, 5.41) is 10.5. The molecule has 0 aromatic carbocycles. The molecular formula is C13H22O. The molecule has 0 heterocycles. The summed E-state index contributed by atoms with van der Waals surface area (Å²) in [6.07, 6.45) is 8.32. The van der Waals surface area contributed by atoms with Crippen LogP contribution < -0.4 is 0 Å². The van der Waals surface area contributed by atoms with Gasteiger partial charge in [0.05, 0.1) is 5.60 Å². The standard InChI is InChI=1S/C13H22O/c1-12(2,14)13-7-3-4-11(13)9-5-6-10(13)8-9/h9-11,14H,3-8H2,1-2H3. The van der Waals surface area contributed by atoms with Crippen molar-refractivity contribution < 1.29 is 5.11 Å². The van der Waals surface area contributed by atoms with Crippen LogP contribution in [0.3, 0.4) is 0 Å². The van der Waals surface area contributed by atoms with Crippen molar-refractivity contribution in [2.24, 2.45) is 23.2 Å². The van der Waals surface area contributed by atoms with Crippen molar-refractivity contribution in [1.82, 2.24) is 0 Å². The predicted octanol–water partition coefficient (Wildman–Crippen LogP) is 2.97. The average Bonchev–Trinajstić information content (AvgIpc) is 2.74. The molecule has 3 saturated carbocycles. The van der Waals surface area contributed by atoms with Crippen LogP contribution in [0.4, 0.5) is 0 Å². The molecular weight excluding hydrogens is 172 g/mol. The zero-order chi connectivity index (χ0) is 9.97. The maximum Gasteiger partial charge on any atom is 0.0653 e. The highest BCUT2D eigenvalue weighted by atomic mass is 16.3. The Morgan fingerprint density at radius 2 is 2.00 bits per heavy atom. The van der Waals surface area contributed by atoms with Crippen LogP contribution in [-0.4, -0.2) is 10.7 Å². The fraction of sp³-hybridized carbons (Fsp3) is 1.00. The van der Waals surface area contributed by atoms with Gasteiger partial charge >= 0.3 is 0 Å². The summed E-state index contributed by atoms with van der Waals surface area (Å²) in [6.45, 7) is 4.12. The third kappa shape index (κ3) is 0.856. The number of rotatable bonds is 1. The third-order valence-corrected chi connectivity index (χ3v) is 5.68. The van der Waals surface area contributed by atoms with Gasteiger partial charge in [-0.05, 0) is 63.7 Å². The average molecular weight is 194 g/mol. The third-order valence-electron chi connectivity index (χ3n) is 5.68. The van der Waals surface area contributed by atoms with E-state index in [1.807, 2.05) is 0 Å². The van der Waals surface area contributed by atoms with Crippen LogP contribution in [0, 0.1) is 23.2 Å². The molecule has 0 radical (unpaired) electrons. The van der Waals surface area contributed by atoms with Gasteiger partial charge in [0, 0.05) is 5.41 Å². The smallest absolute Gasteiger partial charge is 0.0653 e. The van der Waals surface area contributed by atoms with Gasteiger partial charge in [0.1, 0.15) is 0 Å². The molecule has 0 aromatic heterocycles. The van der Waals surface area contributed by atoms with E-state index in [2.05, 4.69) is 13.8 Å². The normalized spacial score (nSPS) is 51.2. The van der Waals surface area contributed by atoms with Gasteiger partial charge < -0.3 is 5.11 Å². The fourth-order valence-electron chi connectivity index (χ4n) is 5.33. The molecule has 0 saturated heterocycles. The molecule has 4 atom stereocenters. The summed E-state index contributed by atoms with van der Waals surface area (Å²) >= 11 is 0. The van der Waals surface area contributed by atoms with Gasteiger partial charge in [-0.25, -0.2) is 0 Å². The number of hydrogen-bond acceptors (Lipinski definition) is 1. The maximum atomic E-state index is 10.5. The second-order valence-corrected chi connectivity index (χ2v) is 6.37. The Labute approximate surface area is 86.9 Å². The molecule has 4 unspecified atom stereocenters. The zero-order valence-electron chi connectivity index (χ0n) is 9.42. The van der Waals surface area contributed by atoms with Crippen LogP contribution in [0.2, 0.25) is 0 Å². The molecule has 3 aliphatic rings. The number of hydrogen-bond donors (Lipinski definition) is 1. The minimum atomic E-state index is -0.437. The van der Waals surface area contributed by atoms with Crippen LogP contribution >= 0.6 is 0 Å². The highest BCUT2D eigenvalue weighted by Gasteiger charge is 2.64. The number of aliphatic hydroxyl groups is 1. The molecule has 3 aliphatic carbocycles. The van der Waals surface area contributed by atoms with E-state index in [0.717, 1.165) is 17.8 Å². The van der Waals surface area contributed by atoms with Gasteiger partial charge in [-0.3, -0.25) is 0 Å². The van der Waals surface area contributed by atoms with Crippen LogP contribution in [0.5, 0.6) is 0 Å². The molecule has 1 N–H and O–H groups in total. The molecule has 14 heavy (non-hydrogen) atoms. The van der Waals surface area contributed by atoms with Crippen molar-refractivity contribution in [2.45, 2.75) is 58.0 Å². The Morgan fingerprint density at radius 3 is 2.64 bits per heavy atom. The van der Waals surface area contributed by atoms with Crippen molar-refractivity contribution in [2.75, 3.05) is 0 Å². The summed E-state index contributed by atoms with van der Waals surface area (Å²) in [5.41, 5.74) is -0.121. The first-order chi connectivity index (χ1) is 6.56. The van der Waals surface area contributed by atoms with Crippen molar-refractivity contribution in [3.8, 4) is 0 Å². The summed E-state index contributed by atoms with van der Waals surface area (Å²) in [5.74, 6) is 2.68. The highest BCUT2D eigenvalue weighted by Crippen LogP contribution is 2.69. The second-order valence-electron chi connectivity index (χ2n) is 6.37. The Hall–Kier alpha value is -0.0400. The van der Waals surface area contributed by atoms with Crippen molar-refractivity contribution in [1.29, 1.82) is 0 Å². The quantitative estimate of drug-likeness (QED) is 0.680. The van der Waals surface area contributed by atoms with E-state index in [1.165, 1.54) is 38.5 Å². The van der Waals surface area contributed by atoms with Crippen molar-refractivity contribution in [3.05, 3.63) is 0 Å². The Bertz CT molecular complexity index is 252. The van der Waals surface area contributed by atoms with Gasteiger partial charge in [-0.2, -0.15) is 0 Å². The van der Waals surface area contributed by atoms with Gasteiger partial charge in [-0.1, -0.05) is 6.42 Å². The zero-order valence-corrected chi connectivity index (χ0v) is 9.42. The Morgan fingerprint density at radius 1 is 1.21 bits per heavy atom. The Balaban J connectivity index is 2.04. The highest BCUT2D eigenvalue weighted by molar-refractivity contribution is 5.14. The van der Waals surface area contributed by atoms with Crippen LogP contribution in [0.25, 0.3) is 0 Å². The number of fused-ring (bicyclic) bond motifs is 5. The maximum absolute atomic E-state index is 10.5. The van der Waals surface area contributed by atoms with Crippen LogP contribution in [0.1, 0.15) is 52.4 Å². The molecule has 0 aromatic rings. The summed E-state index contributed by atoms with van der Waals surface area (Å²) < 4.78 is 0. The lowest BCUT2D eigenvalue weighted by Gasteiger charge is -2.48. The van der Waals surface area contributed by atoms with Crippen molar-refractivity contribution in [3.63, 3.8) is 0 Å². The lowest BCUT2D eigenvalue weighted by Crippen LogP contribution is -2.49. The topological polar surface area (TPSA) is 20.2 Å². The molecule has 3 rings (SSSR count). The van der Waals surface area contributed by atoms with Crippen LogP contribution in [-0.2, 0) is 0 Å². The largest absolute Gasteiger partial charge is 0.390 e. The molecule has 80 valence electrons. The summed E-state index contributed by atoms with van der Waals surface area (Å²) in [4.78, 5) is 0. The molecule has 1 heteroatoms. The van der Waals surface area contributed by atoms with E-state index in [9.17, 15) is 5.11 Å². The molecule has 1 nitrogen and oxygen atoms in total. The first kappa shape index (κ1) is 9.21. The van der Waals surface area contributed by atoms with Gasteiger partial charge in [0.15, 0.2) is 0 Å². The minimum absolute atomic E-state index is 0.315. The van der Waals surface area contributed by atoms with E-state index in [4.69, 9.17) is 0 Å². The van der Waals surface area contributed by atoms with E-state index in [-0.39, 0.29) is 0 Å². The molecule has 0 spiro atoms. The molecule has 0 aliphatic heterocycles. The molecule has 0 amide bonds. The van der Waals surface area contributed by atoms with Crippen molar-refractivity contribution >= 4 is 0 Å². The van der Waals surface area contributed by atoms with Gasteiger partial charge in [-0.15, -0.1) is 0 Å². The summed E-state index contributed by atoms with van der Waals surface area (Å²) in [7, 11) is 0. The first-order valence-electron chi connectivity index (χ1n) is 6.28. The van der Waals surface area contributed by atoms with E-state index in [0.29, 0.717) is 5.41 Å². The van der Waals surface area contributed by atoms with Gasteiger partial charge in [0.25, 0.3) is 0 Å². The monoisotopic (exact) mass is 194 g/mol. The van der Waals surface area contributed by atoms with E-state index >= 15 is 0 Å². The summed E-state index contributed by atoms with van der Waals surface area (Å²) in [6, 6.07) is 0. The van der Waals surface area contributed by atoms with Crippen LogP contribution in [0.15, 0.2) is 0 Å². The lowest BCUT2D eigenvalue weighted by molar-refractivity contribution is -0.106. The second kappa shape index (κ2) is 2.55. The fourth-order valence-corrected chi connectivity index (χ4v) is 5.33. The van der Waals surface area contributed by atoms with E-state index < -0.39 is 5.60 Å². The molecule has 2 bridgehead atoms. The van der Waals surface area contributed by atoms with Gasteiger partial charge in [0.2, 0.25) is 0 Å². The van der Waals surface area contributed by atoms with E-state index in [1.54, 1.807) is 0 Å². The minimum Gasteiger partial charge on any atom is -0.390 e. The predicted molar refractivity (Wildman–Crippen MR) is 56.9 cm³/mol. The SMILES string of the molecule is CC(C)(O)C12CCCC1C1CCC2C1. The first-order valence-corrected chi connectivity index (χ1v) is 6.28.